The molecule has 0 bridgehead atoms. The van der Waals surface area contributed by atoms with Gasteiger partial charge in [0, 0.05) is 12.1 Å². The van der Waals surface area contributed by atoms with Crippen LogP contribution in [0.25, 0.3) is 11.4 Å². The molecule has 1 heterocycles. The molecule has 24 heavy (non-hydrogen) atoms. The van der Waals surface area contributed by atoms with Gasteiger partial charge in [-0.05, 0) is 30.8 Å². The molecule has 0 spiro atoms. The van der Waals surface area contributed by atoms with Gasteiger partial charge in [-0.1, -0.05) is 54.1 Å². The summed E-state index contributed by atoms with van der Waals surface area (Å²) in [5.41, 5.74) is 3.11. The number of hydrogen-bond acceptors (Lipinski definition) is 3. The van der Waals surface area contributed by atoms with Crippen LogP contribution in [0.5, 0.6) is 0 Å². The number of rotatable bonds is 5. The second-order valence-corrected chi connectivity index (χ2v) is 5.96. The van der Waals surface area contributed by atoms with Gasteiger partial charge in [-0.2, -0.15) is 5.10 Å². The lowest BCUT2D eigenvalue weighted by Crippen LogP contribution is -2.27. The first kappa shape index (κ1) is 16.1. The van der Waals surface area contributed by atoms with E-state index in [-0.39, 0.29) is 12.5 Å². The van der Waals surface area contributed by atoms with E-state index in [2.05, 4.69) is 15.5 Å². The lowest BCUT2D eigenvalue weighted by Gasteiger charge is -2.09. The molecule has 0 fully saturated rings. The van der Waals surface area contributed by atoms with Crippen molar-refractivity contribution in [1.82, 2.24) is 20.1 Å². The van der Waals surface area contributed by atoms with Crippen molar-refractivity contribution in [1.29, 1.82) is 0 Å². The Balaban J connectivity index is 1.74. The van der Waals surface area contributed by atoms with Crippen molar-refractivity contribution < 1.29 is 4.79 Å². The van der Waals surface area contributed by atoms with Crippen LogP contribution in [-0.2, 0) is 17.9 Å². The number of benzene rings is 2. The second kappa shape index (κ2) is 7.23. The van der Waals surface area contributed by atoms with E-state index in [0.29, 0.717) is 17.1 Å². The van der Waals surface area contributed by atoms with Gasteiger partial charge in [-0.3, -0.25) is 14.5 Å². The van der Waals surface area contributed by atoms with Gasteiger partial charge in [0.25, 0.3) is 0 Å². The molecule has 1 amide bonds. The Morgan fingerprint density at radius 1 is 1.21 bits per heavy atom. The zero-order valence-corrected chi connectivity index (χ0v) is 14.1. The Kier molecular flexibility index (Phi) is 4.86. The maximum Gasteiger partial charge on any atom is 0.240 e. The predicted molar refractivity (Wildman–Crippen MR) is 95.9 cm³/mol. The number of nitrogens with one attached hydrogen (secondary N) is 2. The van der Waals surface area contributed by atoms with Crippen molar-refractivity contribution in [3.63, 3.8) is 0 Å². The maximum absolute atomic E-state index is 12.3. The molecule has 5 nitrogen and oxygen atoms in total. The summed E-state index contributed by atoms with van der Waals surface area (Å²) in [6.07, 6.45) is 0. The van der Waals surface area contributed by atoms with E-state index >= 15 is 0 Å². The van der Waals surface area contributed by atoms with Gasteiger partial charge in [-0.15, -0.1) is 0 Å². The fraction of sp³-hybridized carbons (Fsp3) is 0.167. The molecule has 0 aliphatic rings. The standard InChI is InChI=1S/C18H18N4OS/c1-13-6-5-9-15(10-13)17-20-21-18(24)22(17)12-16(23)19-11-14-7-3-2-4-8-14/h2-10H,11-12H2,1H3,(H,19,23)(H,21,24). The third-order valence-electron chi connectivity index (χ3n) is 3.67. The Morgan fingerprint density at radius 3 is 2.75 bits per heavy atom. The highest BCUT2D eigenvalue weighted by Gasteiger charge is 2.12. The number of aromatic amines is 1. The van der Waals surface area contributed by atoms with Gasteiger partial charge in [0.15, 0.2) is 10.6 Å². The fourth-order valence-corrected chi connectivity index (χ4v) is 2.66. The van der Waals surface area contributed by atoms with E-state index in [1.807, 2.05) is 61.5 Å². The van der Waals surface area contributed by atoms with Crippen molar-refractivity contribution in [2.45, 2.75) is 20.0 Å². The minimum Gasteiger partial charge on any atom is -0.350 e. The summed E-state index contributed by atoms with van der Waals surface area (Å²) >= 11 is 5.27. The normalized spacial score (nSPS) is 10.5. The highest BCUT2D eigenvalue weighted by Crippen LogP contribution is 2.18. The largest absolute Gasteiger partial charge is 0.350 e. The lowest BCUT2D eigenvalue weighted by atomic mass is 10.1. The van der Waals surface area contributed by atoms with Gasteiger partial charge in [0.1, 0.15) is 6.54 Å². The first-order chi connectivity index (χ1) is 11.6. The Hall–Kier alpha value is -2.73. The number of aromatic nitrogens is 3. The van der Waals surface area contributed by atoms with Crippen LogP contribution in [-0.4, -0.2) is 20.7 Å². The highest BCUT2D eigenvalue weighted by atomic mass is 32.1. The molecular weight excluding hydrogens is 320 g/mol. The third-order valence-corrected chi connectivity index (χ3v) is 3.98. The minimum atomic E-state index is -0.106. The fourth-order valence-electron chi connectivity index (χ4n) is 2.46. The number of aryl methyl sites for hydroxylation is 1. The molecule has 0 aliphatic heterocycles. The van der Waals surface area contributed by atoms with E-state index in [9.17, 15) is 4.79 Å². The van der Waals surface area contributed by atoms with E-state index in [1.165, 1.54) is 0 Å². The Bertz CT molecular complexity index is 899. The molecule has 0 radical (unpaired) electrons. The molecule has 0 saturated carbocycles. The molecule has 3 rings (SSSR count). The number of amides is 1. The summed E-state index contributed by atoms with van der Waals surface area (Å²) < 4.78 is 2.14. The number of hydrogen-bond donors (Lipinski definition) is 2. The van der Waals surface area contributed by atoms with Crippen molar-refractivity contribution >= 4 is 18.1 Å². The molecule has 3 aromatic rings. The third kappa shape index (κ3) is 3.78. The summed E-state index contributed by atoms with van der Waals surface area (Å²) in [4.78, 5) is 12.3. The number of carbonyl (C=O) groups is 1. The molecule has 2 N–H and O–H groups in total. The Labute approximate surface area is 145 Å². The monoisotopic (exact) mass is 338 g/mol. The summed E-state index contributed by atoms with van der Waals surface area (Å²) in [5.74, 6) is 0.559. The van der Waals surface area contributed by atoms with Crippen LogP contribution in [0, 0.1) is 11.7 Å². The van der Waals surface area contributed by atoms with Gasteiger partial charge in [0.2, 0.25) is 5.91 Å². The van der Waals surface area contributed by atoms with Crippen molar-refractivity contribution in [2.75, 3.05) is 0 Å². The summed E-state index contributed by atoms with van der Waals surface area (Å²) in [6.45, 7) is 2.64. The van der Waals surface area contributed by atoms with Gasteiger partial charge in [-0.25, -0.2) is 0 Å². The summed E-state index contributed by atoms with van der Waals surface area (Å²) in [7, 11) is 0. The van der Waals surface area contributed by atoms with Crippen LogP contribution in [0.3, 0.4) is 0 Å². The van der Waals surface area contributed by atoms with Crippen molar-refractivity contribution in [3.8, 4) is 11.4 Å². The van der Waals surface area contributed by atoms with Gasteiger partial charge >= 0.3 is 0 Å². The number of H-pyrrole nitrogens is 1. The quantitative estimate of drug-likeness (QED) is 0.702. The van der Waals surface area contributed by atoms with E-state index < -0.39 is 0 Å². The van der Waals surface area contributed by atoms with E-state index in [0.717, 1.165) is 16.7 Å². The van der Waals surface area contributed by atoms with E-state index in [4.69, 9.17) is 12.2 Å². The van der Waals surface area contributed by atoms with Crippen molar-refractivity contribution in [2.24, 2.45) is 0 Å². The molecule has 0 unspecified atom stereocenters. The van der Waals surface area contributed by atoms with E-state index in [1.54, 1.807) is 4.57 Å². The molecule has 2 aromatic carbocycles. The SMILES string of the molecule is Cc1cccc(-c2n[nH]c(=S)n2CC(=O)NCc2ccccc2)c1. The van der Waals surface area contributed by atoms with Crippen LogP contribution < -0.4 is 5.32 Å². The Morgan fingerprint density at radius 2 is 2.00 bits per heavy atom. The zero-order chi connectivity index (χ0) is 16.9. The summed E-state index contributed by atoms with van der Waals surface area (Å²) in [6, 6.07) is 17.7. The van der Waals surface area contributed by atoms with Crippen LogP contribution in [0.4, 0.5) is 0 Å². The molecule has 1 aromatic heterocycles. The minimum absolute atomic E-state index is 0.106. The van der Waals surface area contributed by atoms with Crippen LogP contribution in [0.15, 0.2) is 54.6 Å². The van der Waals surface area contributed by atoms with Crippen LogP contribution in [0.1, 0.15) is 11.1 Å². The number of nitrogens with zero attached hydrogens (tertiary/aromatic N) is 2. The number of carbonyl (C=O) groups excluding carboxylic acids is 1. The molecule has 122 valence electrons. The molecule has 0 saturated heterocycles. The summed E-state index contributed by atoms with van der Waals surface area (Å²) in [5, 5.41) is 9.94. The van der Waals surface area contributed by atoms with Crippen LogP contribution >= 0.6 is 12.2 Å². The molecule has 0 aliphatic carbocycles. The second-order valence-electron chi connectivity index (χ2n) is 5.57. The highest BCUT2D eigenvalue weighted by molar-refractivity contribution is 7.71. The average Bonchev–Trinajstić information content (AvgIpc) is 2.95. The van der Waals surface area contributed by atoms with Gasteiger partial charge < -0.3 is 5.32 Å². The van der Waals surface area contributed by atoms with Crippen LogP contribution in [0.2, 0.25) is 0 Å². The topological polar surface area (TPSA) is 62.7 Å². The lowest BCUT2D eigenvalue weighted by molar-refractivity contribution is -0.121. The molecule has 6 heteroatoms. The zero-order valence-electron chi connectivity index (χ0n) is 13.3. The van der Waals surface area contributed by atoms with Crippen molar-refractivity contribution in [3.05, 3.63) is 70.5 Å². The average molecular weight is 338 g/mol. The predicted octanol–water partition coefficient (Wildman–Crippen LogP) is 3.23. The smallest absolute Gasteiger partial charge is 0.240 e. The molecular formula is C18H18N4OS. The van der Waals surface area contributed by atoms with Gasteiger partial charge in [0.05, 0.1) is 0 Å². The first-order valence-electron chi connectivity index (χ1n) is 7.66. The maximum atomic E-state index is 12.3. The molecule has 0 atom stereocenters. The first-order valence-corrected chi connectivity index (χ1v) is 8.07.